The fourth-order valence-electron chi connectivity index (χ4n) is 3.04. The molecule has 0 saturated carbocycles. The molecule has 5 nitrogen and oxygen atoms in total. The molecule has 1 aliphatic rings. The average Bonchev–Trinajstić information content (AvgIpc) is 2.90. The van der Waals surface area contributed by atoms with Crippen LogP contribution in [0.2, 0.25) is 0 Å². The predicted molar refractivity (Wildman–Crippen MR) is 92.3 cm³/mol. The minimum Gasteiger partial charge on any atom is -0.481 e. The first kappa shape index (κ1) is 18.3. The molecule has 1 heterocycles. The lowest BCUT2D eigenvalue weighted by Gasteiger charge is -2.25. The Hall–Kier alpha value is -2.04. The zero-order valence-corrected chi connectivity index (χ0v) is 15.1. The molecule has 2 rings (SSSR count). The van der Waals surface area contributed by atoms with Crippen molar-refractivity contribution >= 4 is 11.9 Å². The number of amides is 1. The van der Waals surface area contributed by atoms with E-state index in [1.807, 2.05) is 25.1 Å². The Bertz CT molecular complexity index is 640. The van der Waals surface area contributed by atoms with Crippen LogP contribution in [0.25, 0.3) is 0 Å². The summed E-state index contributed by atoms with van der Waals surface area (Å²) < 4.78 is 5.95. The SMILES string of the molecule is Cc1ccc(C(C)C)c(OC(C)C(=O)N2CCC(C)(C(=O)O)C2)c1. The molecule has 1 fully saturated rings. The molecule has 1 N–H and O–H groups in total. The van der Waals surface area contributed by atoms with Gasteiger partial charge in [-0.25, -0.2) is 0 Å². The van der Waals surface area contributed by atoms with E-state index < -0.39 is 17.5 Å². The van der Waals surface area contributed by atoms with E-state index in [0.29, 0.717) is 18.9 Å². The van der Waals surface area contributed by atoms with Crippen molar-refractivity contribution in [2.45, 2.75) is 53.1 Å². The number of carboxylic acid groups (broad SMARTS) is 1. The van der Waals surface area contributed by atoms with Gasteiger partial charge in [0.2, 0.25) is 0 Å². The highest BCUT2D eigenvalue weighted by Crippen LogP contribution is 2.32. The summed E-state index contributed by atoms with van der Waals surface area (Å²) in [5, 5.41) is 9.30. The topological polar surface area (TPSA) is 66.8 Å². The van der Waals surface area contributed by atoms with E-state index in [2.05, 4.69) is 13.8 Å². The molecule has 0 aromatic heterocycles. The van der Waals surface area contributed by atoms with E-state index in [9.17, 15) is 14.7 Å². The Kier molecular flexibility index (Phi) is 5.21. The molecule has 24 heavy (non-hydrogen) atoms. The van der Waals surface area contributed by atoms with Gasteiger partial charge in [0.1, 0.15) is 5.75 Å². The normalized spacial score (nSPS) is 21.8. The van der Waals surface area contributed by atoms with Gasteiger partial charge in [-0.05, 0) is 50.3 Å². The van der Waals surface area contributed by atoms with Crippen LogP contribution in [0.4, 0.5) is 0 Å². The van der Waals surface area contributed by atoms with Crippen molar-refractivity contribution in [1.29, 1.82) is 0 Å². The number of hydrogen-bond donors (Lipinski definition) is 1. The molecule has 0 bridgehead atoms. The van der Waals surface area contributed by atoms with Crippen molar-refractivity contribution < 1.29 is 19.4 Å². The van der Waals surface area contributed by atoms with Gasteiger partial charge >= 0.3 is 5.97 Å². The maximum Gasteiger partial charge on any atom is 0.311 e. The molecular weight excluding hydrogens is 306 g/mol. The number of rotatable bonds is 5. The van der Waals surface area contributed by atoms with Crippen LogP contribution in [0.3, 0.4) is 0 Å². The minimum absolute atomic E-state index is 0.156. The molecule has 5 heteroatoms. The maximum atomic E-state index is 12.6. The Morgan fingerprint density at radius 3 is 2.50 bits per heavy atom. The summed E-state index contributed by atoms with van der Waals surface area (Å²) in [6.45, 7) is 10.3. The van der Waals surface area contributed by atoms with Gasteiger partial charge in [0.05, 0.1) is 5.41 Å². The van der Waals surface area contributed by atoms with Gasteiger partial charge in [0.15, 0.2) is 6.10 Å². The van der Waals surface area contributed by atoms with E-state index in [-0.39, 0.29) is 12.5 Å². The van der Waals surface area contributed by atoms with Crippen molar-refractivity contribution in [1.82, 2.24) is 4.90 Å². The van der Waals surface area contributed by atoms with Crippen molar-refractivity contribution in [3.63, 3.8) is 0 Å². The van der Waals surface area contributed by atoms with Crippen LogP contribution in [0.15, 0.2) is 18.2 Å². The van der Waals surface area contributed by atoms with Crippen LogP contribution < -0.4 is 4.74 Å². The van der Waals surface area contributed by atoms with Gasteiger partial charge in [-0.1, -0.05) is 26.0 Å². The molecular formula is C19H27NO4. The monoisotopic (exact) mass is 333 g/mol. The molecule has 1 aromatic rings. The minimum atomic E-state index is -0.859. The van der Waals surface area contributed by atoms with Crippen molar-refractivity contribution in [3.05, 3.63) is 29.3 Å². The lowest BCUT2D eigenvalue weighted by atomic mass is 9.90. The number of carbonyl (C=O) groups excluding carboxylic acids is 1. The fourth-order valence-corrected chi connectivity index (χ4v) is 3.04. The molecule has 1 amide bonds. The van der Waals surface area contributed by atoms with Gasteiger partial charge in [-0.2, -0.15) is 0 Å². The van der Waals surface area contributed by atoms with E-state index in [0.717, 1.165) is 16.9 Å². The number of carbonyl (C=O) groups is 2. The van der Waals surface area contributed by atoms with Crippen LogP contribution in [0, 0.1) is 12.3 Å². The number of ether oxygens (including phenoxy) is 1. The smallest absolute Gasteiger partial charge is 0.311 e. The highest BCUT2D eigenvalue weighted by atomic mass is 16.5. The number of aryl methyl sites for hydroxylation is 1. The van der Waals surface area contributed by atoms with Gasteiger partial charge in [0, 0.05) is 13.1 Å². The highest BCUT2D eigenvalue weighted by Gasteiger charge is 2.43. The van der Waals surface area contributed by atoms with Crippen molar-refractivity contribution in [2.75, 3.05) is 13.1 Å². The molecule has 132 valence electrons. The molecule has 1 saturated heterocycles. The Labute approximate surface area is 143 Å². The Balaban J connectivity index is 2.11. The number of carboxylic acids is 1. The van der Waals surface area contributed by atoms with Crippen LogP contribution >= 0.6 is 0 Å². The molecule has 2 unspecified atom stereocenters. The third kappa shape index (κ3) is 3.71. The van der Waals surface area contributed by atoms with Gasteiger partial charge < -0.3 is 14.7 Å². The summed E-state index contributed by atoms with van der Waals surface area (Å²) in [7, 11) is 0. The second-order valence-electron chi connectivity index (χ2n) is 7.33. The molecule has 0 aliphatic carbocycles. The lowest BCUT2D eigenvalue weighted by Crippen LogP contribution is -2.41. The third-order valence-electron chi connectivity index (χ3n) is 4.74. The quantitative estimate of drug-likeness (QED) is 0.898. The number of nitrogens with zero attached hydrogens (tertiary/aromatic N) is 1. The first-order valence-corrected chi connectivity index (χ1v) is 8.43. The first-order valence-electron chi connectivity index (χ1n) is 8.43. The van der Waals surface area contributed by atoms with E-state index in [1.165, 1.54) is 0 Å². The molecule has 0 spiro atoms. The largest absolute Gasteiger partial charge is 0.481 e. The average molecular weight is 333 g/mol. The summed E-state index contributed by atoms with van der Waals surface area (Å²) >= 11 is 0. The summed E-state index contributed by atoms with van der Waals surface area (Å²) in [5.41, 5.74) is 1.28. The Morgan fingerprint density at radius 1 is 1.29 bits per heavy atom. The van der Waals surface area contributed by atoms with E-state index in [1.54, 1.807) is 18.7 Å². The molecule has 2 atom stereocenters. The lowest BCUT2D eigenvalue weighted by molar-refractivity contribution is -0.147. The molecule has 0 radical (unpaired) electrons. The van der Waals surface area contributed by atoms with Gasteiger partial charge in [-0.3, -0.25) is 9.59 Å². The van der Waals surface area contributed by atoms with Gasteiger partial charge in [-0.15, -0.1) is 0 Å². The summed E-state index contributed by atoms with van der Waals surface area (Å²) in [6, 6.07) is 6.02. The summed E-state index contributed by atoms with van der Waals surface area (Å²) in [4.78, 5) is 25.6. The zero-order chi connectivity index (χ0) is 18.1. The van der Waals surface area contributed by atoms with Crippen molar-refractivity contribution in [3.8, 4) is 5.75 Å². The predicted octanol–water partition coefficient (Wildman–Crippen LogP) is 3.21. The summed E-state index contributed by atoms with van der Waals surface area (Å²) in [5.74, 6) is 0.0133. The third-order valence-corrected chi connectivity index (χ3v) is 4.74. The number of hydrogen-bond acceptors (Lipinski definition) is 3. The fraction of sp³-hybridized carbons (Fsp3) is 0.579. The molecule has 1 aliphatic heterocycles. The van der Waals surface area contributed by atoms with Crippen LogP contribution in [-0.4, -0.2) is 41.1 Å². The van der Waals surface area contributed by atoms with Gasteiger partial charge in [0.25, 0.3) is 5.91 Å². The van der Waals surface area contributed by atoms with Crippen LogP contribution in [0.1, 0.15) is 51.2 Å². The maximum absolute atomic E-state index is 12.6. The summed E-state index contributed by atoms with van der Waals surface area (Å²) in [6.07, 6.45) is -0.164. The second-order valence-corrected chi connectivity index (χ2v) is 7.33. The standard InChI is InChI=1S/C19H27NO4/c1-12(2)15-7-6-13(3)10-16(15)24-14(4)17(21)20-9-8-19(5,11-20)18(22)23/h6-7,10,12,14H,8-9,11H2,1-5H3,(H,22,23). The first-order chi connectivity index (χ1) is 11.1. The second kappa shape index (κ2) is 6.83. The number of likely N-dealkylation sites (tertiary alicyclic amines) is 1. The van der Waals surface area contributed by atoms with Crippen molar-refractivity contribution in [2.24, 2.45) is 5.41 Å². The van der Waals surface area contributed by atoms with E-state index >= 15 is 0 Å². The van der Waals surface area contributed by atoms with Crippen LogP contribution in [0.5, 0.6) is 5.75 Å². The van der Waals surface area contributed by atoms with Crippen LogP contribution in [-0.2, 0) is 9.59 Å². The zero-order valence-electron chi connectivity index (χ0n) is 15.1. The van der Waals surface area contributed by atoms with E-state index in [4.69, 9.17) is 4.74 Å². The number of benzene rings is 1. The highest BCUT2D eigenvalue weighted by molar-refractivity contribution is 5.83. The number of aliphatic carboxylic acids is 1. The Morgan fingerprint density at radius 2 is 1.96 bits per heavy atom. The molecule has 1 aromatic carbocycles.